The maximum atomic E-state index is 5.88. The Hall–Kier alpha value is 0.0169. The Morgan fingerprint density at radius 3 is 2.46 bits per heavy atom. The molecule has 0 bridgehead atoms. The van der Waals surface area contributed by atoms with Crippen molar-refractivity contribution in [2.45, 2.75) is 25.8 Å². The molecule has 0 heterocycles. The van der Waals surface area contributed by atoms with Crippen LogP contribution in [0.25, 0.3) is 0 Å². The molecule has 0 aliphatic carbocycles. The fourth-order valence-electron chi connectivity index (χ4n) is 1.53. The van der Waals surface area contributed by atoms with Crippen LogP contribution in [0.2, 0.25) is 6.04 Å². The lowest BCUT2D eigenvalue weighted by atomic mass is 9.98. The summed E-state index contributed by atoms with van der Waals surface area (Å²) >= 11 is 11.8. The first-order chi connectivity index (χ1) is 6.11. The summed E-state index contributed by atoms with van der Waals surface area (Å²) in [6.45, 7) is 4.32. The van der Waals surface area contributed by atoms with Crippen LogP contribution in [0.4, 0.5) is 0 Å². The lowest BCUT2D eigenvalue weighted by molar-refractivity contribution is 0.851. The van der Waals surface area contributed by atoms with Crippen molar-refractivity contribution in [1.82, 2.24) is 0 Å². The summed E-state index contributed by atoms with van der Waals surface area (Å²) in [5.74, 6) is 0.493. The molecule has 0 radical (unpaired) electrons. The standard InChI is InChI=1S/C10H14Cl2Si/c1-8-5-3-4-6-10(8)9(2)7-13(11)12/h3-6,9,13H,7H2,1-2H3. The second kappa shape index (κ2) is 5.04. The largest absolute Gasteiger partial charge is 0.237 e. The minimum absolute atomic E-state index is 0.493. The van der Waals surface area contributed by atoms with Gasteiger partial charge >= 0.3 is 0 Å². The molecule has 1 aromatic carbocycles. The zero-order valence-corrected chi connectivity index (χ0v) is 10.6. The van der Waals surface area contributed by atoms with Gasteiger partial charge in [0, 0.05) is 0 Å². The van der Waals surface area contributed by atoms with E-state index in [4.69, 9.17) is 22.2 Å². The zero-order chi connectivity index (χ0) is 9.84. The van der Waals surface area contributed by atoms with Crippen molar-refractivity contribution >= 4 is 29.6 Å². The van der Waals surface area contributed by atoms with Gasteiger partial charge in [0.15, 0.2) is 0 Å². The van der Waals surface area contributed by atoms with Crippen molar-refractivity contribution in [1.29, 1.82) is 0 Å². The van der Waals surface area contributed by atoms with Crippen molar-refractivity contribution in [2.24, 2.45) is 0 Å². The van der Waals surface area contributed by atoms with E-state index in [9.17, 15) is 0 Å². The second-order valence-electron chi connectivity index (χ2n) is 3.38. The van der Waals surface area contributed by atoms with Gasteiger partial charge in [-0.25, -0.2) is 0 Å². The molecule has 1 aromatic rings. The molecule has 3 heteroatoms. The smallest absolute Gasteiger partial charge is 0.150 e. The molecule has 0 aromatic heterocycles. The topological polar surface area (TPSA) is 0 Å². The van der Waals surface area contributed by atoms with Gasteiger partial charge in [0.25, 0.3) is 0 Å². The maximum absolute atomic E-state index is 5.88. The van der Waals surface area contributed by atoms with E-state index < -0.39 is 7.42 Å². The van der Waals surface area contributed by atoms with Gasteiger partial charge in [0.2, 0.25) is 7.42 Å². The molecule has 0 fully saturated rings. The first kappa shape index (κ1) is 11.1. The summed E-state index contributed by atoms with van der Waals surface area (Å²) in [7, 11) is -1.47. The molecule has 0 nitrogen and oxygen atoms in total. The van der Waals surface area contributed by atoms with Gasteiger partial charge in [0.05, 0.1) is 0 Å². The van der Waals surface area contributed by atoms with E-state index in [1.807, 2.05) is 0 Å². The van der Waals surface area contributed by atoms with Crippen molar-refractivity contribution < 1.29 is 0 Å². The lowest BCUT2D eigenvalue weighted by Gasteiger charge is -2.13. The summed E-state index contributed by atoms with van der Waals surface area (Å²) in [6, 6.07) is 9.36. The fourth-order valence-corrected chi connectivity index (χ4v) is 3.93. The average molecular weight is 233 g/mol. The molecule has 1 atom stereocenters. The second-order valence-corrected chi connectivity index (χ2v) is 8.47. The van der Waals surface area contributed by atoms with Crippen LogP contribution in [-0.2, 0) is 0 Å². The van der Waals surface area contributed by atoms with Crippen molar-refractivity contribution in [2.75, 3.05) is 0 Å². The Bertz CT molecular complexity index is 273. The van der Waals surface area contributed by atoms with Crippen LogP contribution in [0.5, 0.6) is 0 Å². The molecule has 0 saturated heterocycles. The van der Waals surface area contributed by atoms with Gasteiger partial charge in [-0.2, -0.15) is 22.2 Å². The number of hydrogen-bond donors (Lipinski definition) is 0. The van der Waals surface area contributed by atoms with E-state index in [2.05, 4.69) is 38.1 Å². The number of benzene rings is 1. The molecular weight excluding hydrogens is 219 g/mol. The first-order valence-electron chi connectivity index (χ1n) is 4.45. The Balaban J connectivity index is 2.76. The van der Waals surface area contributed by atoms with Crippen LogP contribution >= 0.6 is 22.2 Å². The molecule has 0 N–H and O–H groups in total. The van der Waals surface area contributed by atoms with Crippen molar-refractivity contribution in [3.63, 3.8) is 0 Å². The predicted octanol–water partition coefficient (Wildman–Crippen LogP) is 3.80. The van der Waals surface area contributed by atoms with E-state index in [0.717, 1.165) is 6.04 Å². The van der Waals surface area contributed by atoms with Gasteiger partial charge in [-0.1, -0.05) is 31.2 Å². The Kier molecular flexibility index (Phi) is 4.30. The molecule has 1 rings (SSSR count). The Labute approximate surface area is 90.9 Å². The highest BCUT2D eigenvalue weighted by molar-refractivity contribution is 7.33. The van der Waals surface area contributed by atoms with E-state index in [0.29, 0.717) is 5.92 Å². The molecule has 0 amide bonds. The van der Waals surface area contributed by atoms with Gasteiger partial charge < -0.3 is 0 Å². The average Bonchev–Trinajstić information content (AvgIpc) is 2.03. The summed E-state index contributed by atoms with van der Waals surface area (Å²) in [5, 5.41) is 0. The first-order valence-corrected chi connectivity index (χ1v) is 8.75. The van der Waals surface area contributed by atoms with Crippen LogP contribution in [0.3, 0.4) is 0 Å². The fraction of sp³-hybridized carbons (Fsp3) is 0.400. The minimum Gasteiger partial charge on any atom is -0.150 e. The van der Waals surface area contributed by atoms with Crippen LogP contribution in [0.15, 0.2) is 24.3 Å². The van der Waals surface area contributed by atoms with Gasteiger partial charge in [-0.3, -0.25) is 0 Å². The number of aryl methyl sites for hydroxylation is 1. The van der Waals surface area contributed by atoms with Crippen LogP contribution < -0.4 is 0 Å². The molecule has 1 unspecified atom stereocenters. The van der Waals surface area contributed by atoms with Gasteiger partial charge in [0.1, 0.15) is 0 Å². The molecule has 0 spiro atoms. The van der Waals surface area contributed by atoms with Gasteiger partial charge in [-0.05, 0) is 30.0 Å². The molecule has 0 saturated carbocycles. The third-order valence-corrected chi connectivity index (χ3v) is 4.38. The normalized spacial score (nSPS) is 13.3. The molecule has 0 aliphatic heterocycles. The molecule has 72 valence electrons. The number of halogens is 2. The predicted molar refractivity (Wildman–Crippen MR) is 63.3 cm³/mol. The Morgan fingerprint density at radius 1 is 1.31 bits per heavy atom. The zero-order valence-electron chi connectivity index (χ0n) is 7.93. The van der Waals surface area contributed by atoms with Crippen LogP contribution in [-0.4, -0.2) is 7.42 Å². The summed E-state index contributed by atoms with van der Waals surface area (Å²) in [4.78, 5) is 0. The van der Waals surface area contributed by atoms with Crippen molar-refractivity contribution in [3.05, 3.63) is 35.4 Å². The quantitative estimate of drug-likeness (QED) is 0.550. The Morgan fingerprint density at radius 2 is 1.92 bits per heavy atom. The van der Waals surface area contributed by atoms with Crippen LogP contribution in [0.1, 0.15) is 24.0 Å². The van der Waals surface area contributed by atoms with Crippen LogP contribution in [0, 0.1) is 6.92 Å². The SMILES string of the molecule is Cc1ccccc1C(C)C[SiH](Cl)Cl. The van der Waals surface area contributed by atoms with E-state index in [1.165, 1.54) is 11.1 Å². The molecule has 0 aliphatic rings. The van der Waals surface area contributed by atoms with E-state index in [-0.39, 0.29) is 0 Å². The monoisotopic (exact) mass is 232 g/mol. The highest BCUT2D eigenvalue weighted by Crippen LogP contribution is 2.25. The number of rotatable bonds is 3. The highest BCUT2D eigenvalue weighted by atomic mass is 35.7. The van der Waals surface area contributed by atoms with E-state index in [1.54, 1.807) is 0 Å². The lowest BCUT2D eigenvalue weighted by Crippen LogP contribution is -2.02. The maximum Gasteiger partial charge on any atom is 0.237 e. The van der Waals surface area contributed by atoms with E-state index >= 15 is 0 Å². The summed E-state index contributed by atoms with van der Waals surface area (Å²) in [6.07, 6.45) is 0. The molecule has 13 heavy (non-hydrogen) atoms. The summed E-state index contributed by atoms with van der Waals surface area (Å²) in [5.41, 5.74) is 2.71. The third kappa shape index (κ3) is 3.33. The molecular formula is C10H14Cl2Si. The summed E-state index contributed by atoms with van der Waals surface area (Å²) < 4.78 is 0. The number of hydrogen-bond acceptors (Lipinski definition) is 0. The third-order valence-electron chi connectivity index (χ3n) is 2.25. The highest BCUT2D eigenvalue weighted by Gasteiger charge is 2.12. The van der Waals surface area contributed by atoms with Crippen molar-refractivity contribution in [3.8, 4) is 0 Å². The minimum atomic E-state index is -1.47. The van der Waals surface area contributed by atoms with Gasteiger partial charge in [-0.15, -0.1) is 0 Å².